The molecule has 4 fully saturated rings. The molecule has 2 aromatic heterocycles. The number of hydrogen-bond acceptors (Lipinski definition) is 11. The van der Waals surface area contributed by atoms with Crippen LogP contribution >= 0.6 is 0 Å². The van der Waals surface area contributed by atoms with Crippen LogP contribution in [0.2, 0.25) is 0 Å². The Morgan fingerprint density at radius 2 is 1.96 bits per heavy atom. The third-order valence-electron chi connectivity index (χ3n) is 13.4. The van der Waals surface area contributed by atoms with Gasteiger partial charge in [-0.05, 0) is 80.5 Å². The van der Waals surface area contributed by atoms with Gasteiger partial charge in [-0.15, -0.1) is 0 Å². The number of carbonyl (C=O) groups is 3. The Hall–Kier alpha value is -4.44. The minimum absolute atomic E-state index is 0.00658. The van der Waals surface area contributed by atoms with E-state index in [0.717, 1.165) is 16.5 Å². The van der Waals surface area contributed by atoms with Crippen LogP contribution in [-0.2, 0) is 58.7 Å². The number of nitrogens with zero attached hydrogens (tertiary/aromatic N) is 2. The van der Waals surface area contributed by atoms with Gasteiger partial charge in [-0.1, -0.05) is 6.92 Å². The molecule has 14 nitrogen and oxygen atoms in total. The highest BCUT2D eigenvalue weighted by molar-refractivity contribution is 5.93. The second-order valence-electron chi connectivity index (χ2n) is 16.3. The number of alkyl carbamates (subject to hydrolysis) is 1. The van der Waals surface area contributed by atoms with Gasteiger partial charge in [0.05, 0.1) is 41.0 Å². The lowest BCUT2D eigenvalue weighted by molar-refractivity contribution is -0.365. The molecule has 2 spiro atoms. The Labute approximate surface area is 307 Å². The number of carboxylic acids is 1. The van der Waals surface area contributed by atoms with E-state index < -0.39 is 64.6 Å². The summed E-state index contributed by atoms with van der Waals surface area (Å²) in [5, 5.41) is 24.9. The lowest BCUT2D eigenvalue weighted by Gasteiger charge is -2.38. The molecule has 4 aliphatic carbocycles. The number of hydrogen-bond donors (Lipinski definition) is 3. The molecule has 10 rings (SSSR count). The van der Waals surface area contributed by atoms with Crippen LogP contribution in [-0.4, -0.2) is 55.5 Å². The number of fused-ring (bicyclic) bond motifs is 8. The number of cyclic esters (lactones) is 1. The first kappa shape index (κ1) is 34.1. The summed E-state index contributed by atoms with van der Waals surface area (Å²) in [6.07, 6.45) is 3.48. The number of amides is 1. The number of aromatic nitrogens is 2. The number of aliphatic carboxylic acids is 1. The number of pyridine rings is 2. The average molecular weight is 746 g/mol. The fourth-order valence-electron chi connectivity index (χ4n) is 10.8. The normalized spacial score (nSPS) is 34.2. The van der Waals surface area contributed by atoms with E-state index in [1.807, 2.05) is 0 Å². The molecule has 3 aliphatic heterocycles. The van der Waals surface area contributed by atoms with Gasteiger partial charge in [-0.25, -0.2) is 19.0 Å². The summed E-state index contributed by atoms with van der Waals surface area (Å²) in [5.41, 5.74) is 1.79. The Morgan fingerprint density at radius 3 is 2.74 bits per heavy atom. The van der Waals surface area contributed by atoms with Gasteiger partial charge in [0.15, 0.2) is 5.60 Å². The number of benzene rings is 1. The predicted molar refractivity (Wildman–Crippen MR) is 183 cm³/mol. The van der Waals surface area contributed by atoms with Gasteiger partial charge in [0, 0.05) is 47.8 Å². The van der Waals surface area contributed by atoms with Crippen LogP contribution in [0.15, 0.2) is 16.9 Å². The SMILES string of the molecule is CC[C@@]1(O)C(=O)OCc2c1cc1n(c2=O)Cc2c-1nc1cc(F)c(C)c3c1c2[C@@H](NC(=O)OC1CCCC2(C1)OOC1(CC4CC(C(=O)O)C1C4)O2)CC3. The molecular formula is C39H40FN3O11. The van der Waals surface area contributed by atoms with E-state index >= 15 is 4.39 Å². The lowest BCUT2D eigenvalue weighted by Crippen LogP contribution is -2.47. The van der Waals surface area contributed by atoms with Crippen molar-refractivity contribution in [1.29, 1.82) is 0 Å². The second-order valence-corrected chi connectivity index (χ2v) is 16.3. The number of halogens is 1. The highest BCUT2D eigenvalue weighted by Gasteiger charge is 2.67. The number of esters is 1. The zero-order valence-electron chi connectivity index (χ0n) is 29.9. The molecule has 7 aliphatic rings. The van der Waals surface area contributed by atoms with Crippen molar-refractivity contribution < 1.29 is 53.0 Å². The largest absolute Gasteiger partial charge is 0.481 e. The predicted octanol–water partition coefficient (Wildman–Crippen LogP) is 4.68. The van der Waals surface area contributed by atoms with E-state index in [9.17, 15) is 29.4 Å². The van der Waals surface area contributed by atoms with Gasteiger partial charge >= 0.3 is 18.0 Å². The molecule has 15 heteroatoms. The fraction of sp³-hybridized carbons (Fsp3) is 0.564. The summed E-state index contributed by atoms with van der Waals surface area (Å²) < 4.78 is 34.7. The number of aryl methyl sites for hydroxylation is 1. The standard InChI is InChI=1S/C39H40FN3O11/c1-3-38(49)24-11-29-32-22(15-43(29)33(44)23(24)16-50-35(38)47)31-27(7-6-20-17(2)26(40)12-28(41-32)30(20)31)42-36(48)51-19-5-4-8-37(14-19)52-39(54-53-37)13-18-9-21(34(45)46)25(39)10-18/h11-12,18-19,21,25,27,49H,3-10,13-16H2,1-2H3,(H,42,48)(H,45,46)/t18?,19?,21?,25?,27-,37?,38-,39?/m0/s1. The van der Waals surface area contributed by atoms with Crippen molar-refractivity contribution in [3.63, 3.8) is 0 Å². The summed E-state index contributed by atoms with van der Waals surface area (Å²) in [5.74, 6) is -5.05. The molecule has 1 saturated heterocycles. The topological polar surface area (TPSA) is 185 Å². The Morgan fingerprint density at radius 1 is 1.13 bits per heavy atom. The Kier molecular flexibility index (Phi) is 7.28. The van der Waals surface area contributed by atoms with E-state index in [1.54, 1.807) is 19.9 Å². The molecule has 8 atom stereocenters. The summed E-state index contributed by atoms with van der Waals surface area (Å²) >= 11 is 0. The van der Waals surface area contributed by atoms with Crippen LogP contribution < -0.4 is 10.9 Å². The van der Waals surface area contributed by atoms with E-state index in [0.29, 0.717) is 79.4 Å². The number of carbonyl (C=O) groups excluding carboxylic acids is 2. The maximum absolute atomic E-state index is 15.3. The molecule has 3 aromatic rings. The van der Waals surface area contributed by atoms with Gasteiger partial charge in [0.1, 0.15) is 18.5 Å². The van der Waals surface area contributed by atoms with Gasteiger partial charge in [-0.3, -0.25) is 9.59 Å². The number of nitrogens with one attached hydrogen (secondary N) is 1. The minimum atomic E-state index is -2.00. The zero-order chi connectivity index (χ0) is 37.5. The third kappa shape index (κ3) is 4.67. The highest BCUT2D eigenvalue weighted by Crippen LogP contribution is 2.61. The van der Waals surface area contributed by atoms with Gasteiger partial charge < -0.3 is 34.3 Å². The first-order valence-corrected chi connectivity index (χ1v) is 18.9. The third-order valence-corrected chi connectivity index (χ3v) is 13.4. The molecule has 3 saturated carbocycles. The van der Waals surface area contributed by atoms with Crippen LogP contribution in [0, 0.1) is 30.5 Å². The number of ether oxygens (including phenoxy) is 3. The lowest BCUT2D eigenvalue weighted by atomic mass is 9.81. The Bertz CT molecular complexity index is 2280. The molecule has 5 heterocycles. The van der Waals surface area contributed by atoms with E-state index in [1.165, 1.54) is 10.6 Å². The van der Waals surface area contributed by atoms with Gasteiger partial charge in [0.2, 0.25) is 11.6 Å². The Balaban J connectivity index is 0.953. The fourth-order valence-corrected chi connectivity index (χ4v) is 10.8. The van der Waals surface area contributed by atoms with Gasteiger partial charge in [0.25, 0.3) is 5.56 Å². The number of rotatable bonds is 4. The summed E-state index contributed by atoms with van der Waals surface area (Å²) in [6, 6.07) is 2.41. The van der Waals surface area contributed by atoms with E-state index in [2.05, 4.69) is 5.32 Å². The van der Waals surface area contributed by atoms with Crippen molar-refractivity contribution in [2.45, 2.75) is 121 Å². The number of aliphatic hydroxyl groups is 1. The van der Waals surface area contributed by atoms with Crippen LogP contribution in [0.3, 0.4) is 0 Å². The smallest absolute Gasteiger partial charge is 0.407 e. The molecule has 6 unspecified atom stereocenters. The average Bonchev–Trinajstić information content (AvgIpc) is 3.91. The highest BCUT2D eigenvalue weighted by atomic mass is 19.1. The van der Waals surface area contributed by atoms with Crippen LogP contribution in [0.1, 0.15) is 104 Å². The first-order chi connectivity index (χ1) is 25.8. The second kappa shape index (κ2) is 11.5. The molecule has 2 bridgehead atoms. The molecule has 1 amide bonds. The molecule has 284 valence electrons. The maximum atomic E-state index is 15.3. The van der Waals surface area contributed by atoms with E-state index in [4.69, 9.17) is 29.0 Å². The van der Waals surface area contributed by atoms with Crippen LogP contribution in [0.4, 0.5) is 9.18 Å². The van der Waals surface area contributed by atoms with E-state index in [-0.39, 0.29) is 49.0 Å². The minimum Gasteiger partial charge on any atom is -0.481 e. The van der Waals surface area contributed by atoms with Crippen molar-refractivity contribution >= 4 is 28.9 Å². The molecular weight excluding hydrogens is 705 g/mol. The summed E-state index contributed by atoms with van der Waals surface area (Å²) in [6.45, 7) is 3.20. The van der Waals surface area contributed by atoms with Crippen LogP contribution in [0.5, 0.6) is 0 Å². The van der Waals surface area contributed by atoms with Crippen molar-refractivity contribution in [3.8, 4) is 11.4 Å². The summed E-state index contributed by atoms with van der Waals surface area (Å²) in [4.78, 5) is 69.0. The van der Waals surface area contributed by atoms with Crippen molar-refractivity contribution in [2.24, 2.45) is 17.8 Å². The molecule has 54 heavy (non-hydrogen) atoms. The molecule has 1 aromatic carbocycles. The first-order valence-electron chi connectivity index (χ1n) is 18.9. The van der Waals surface area contributed by atoms with Crippen molar-refractivity contribution in [2.75, 3.05) is 0 Å². The van der Waals surface area contributed by atoms with Crippen molar-refractivity contribution in [1.82, 2.24) is 14.9 Å². The molecule has 3 N–H and O–H groups in total. The summed E-state index contributed by atoms with van der Waals surface area (Å²) in [7, 11) is 0. The maximum Gasteiger partial charge on any atom is 0.407 e. The monoisotopic (exact) mass is 745 g/mol. The zero-order valence-corrected chi connectivity index (χ0v) is 29.9. The van der Waals surface area contributed by atoms with Gasteiger partial charge in [-0.2, -0.15) is 9.78 Å². The van der Waals surface area contributed by atoms with Crippen molar-refractivity contribution in [3.05, 3.63) is 61.7 Å². The van der Waals surface area contributed by atoms with Crippen LogP contribution in [0.25, 0.3) is 22.3 Å². The quantitative estimate of drug-likeness (QED) is 0.194. The number of carboxylic acid groups (broad SMARTS) is 1. The molecule has 0 radical (unpaired) electrons.